The van der Waals surface area contributed by atoms with E-state index in [1.807, 2.05) is 5.38 Å². The van der Waals surface area contributed by atoms with Gasteiger partial charge < -0.3 is 14.8 Å². The van der Waals surface area contributed by atoms with Crippen LogP contribution in [0.3, 0.4) is 0 Å². The molecule has 0 aliphatic carbocycles. The van der Waals surface area contributed by atoms with Crippen molar-refractivity contribution in [3.8, 4) is 0 Å². The van der Waals surface area contributed by atoms with Crippen molar-refractivity contribution in [3.63, 3.8) is 0 Å². The lowest BCUT2D eigenvalue weighted by Crippen LogP contribution is -2.33. The Morgan fingerprint density at radius 1 is 1.25 bits per heavy atom. The number of allylic oxidation sites excluding steroid dienone is 2. The number of esters is 2. The normalized spacial score (nSPS) is 17.8. The molecule has 1 aromatic rings. The summed E-state index contributed by atoms with van der Waals surface area (Å²) in [5, 5.41) is 5.58. The molecule has 2 heterocycles. The van der Waals surface area contributed by atoms with E-state index in [9.17, 15) is 9.59 Å². The first-order valence-electron chi connectivity index (χ1n) is 7.82. The Hall–Kier alpha value is -2.15. The highest BCUT2D eigenvalue weighted by Crippen LogP contribution is 2.40. The van der Waals surface area contributed by atoms with E-state index in [0.29, 0.717) is 27.5 Å². The van der Waals surface area contributed by atoms with E-state index < -0.39 is 17.9 Å². The van der Waals surface area contributed by atoms with Gasteiger partial charge in [-0.2, -0.15) is 0 Å². The predicted octanol–water partition coefficient (Wildman–Crippen LogP) is 2.89. The quantitative estimate of drug-likeness (QED) is 0.823. The van der Waals surface area contributed by atoms with Crippen molar-refractivity contribution < 1.29 is 19.1 Å². The Kier molecular flexibility index (Phi) is 5.77. The minimum absolute atomic E-state index is 0.257. The van der Waals surface area contributed by atoms with Crippen LogP contribution in [0.2, 0.25) is 0 Å². The molecule has 0 saturated carbocycles. The predicted molar refractivity (Wildman–Crippen MR) is 91.3 cm³/mol. The first-order chi connectivity index (χ1) is 11.4. The van der Waals surface area contributed by atoms with Crippen molar-refractivity contribution in [2.75, 3.05) is 6.61 Å². The van der Waals surface area contributed by atoms with Crippen LogP contribution in [0.1, 0.15) is 45.5 Å². The number of aromatic nitrogens is 1. The third-order valence-electron chi connectivity index (χ3n) is 3.52. The molecule has 2 rings (SSSR count). The number of nitrogens with one attached hydrogen (secondary N) is 1. The van der Waals surface area contributed by atoms with Crippen LogP contribution in [0.5, 0.6) is 0 Å². The second-order valence-corrected chi connectivity index (χ2v) is 6.61. The summed E-state index contributed by atoms with van der Waals surface area (Å²) < 4.78 is 10.6. The molecule has 7 heteroatoms. The molecule has 1 atom stereocenters. The van der Waals surface area contributed by atoms with Crippen LogP contribution in [-0.4, -0.2) is 29.6 Å². The molecule has 0 fully saturated rings. The number of hydrogen-bond acceptors (Lipinski definition) is 7. The van der Waals surface area contributed by atoms with Crippen LogP contribution in [0, 0.1) is 0 Å². The number of rotatable bonds is 5. The van der Waals surface area contributed by atoms with E-state index in [-0.39, 0.29) is 12.7 Å². The number of nitrogens with zero attached hydrogens (tertiary/aromatic N) is 1. The monoisotopic (exact) mass is 350 g/mol. The highest BCUT2D eigenvalue weighted by atomic mass is 32.1. The lowest BCUT2D eigenvalue weighted by Gasteiger charge is -2.29. The minimum atomic E-state index is -0.587. The molecule has 1 aromatic heterocycles. The van der Waals surface area contributed by atoms with E-state index in [1.165, 1.54) is 11.3 Å². The van der Waals surface area contributed by atoms with Crippen molar-refractivity contribution in [1.29, 1.82) is 0 Å². The summed E-state index contributed by atoms with van der Waals surface area (Å²) in [6.45, 7) is 9.17. The molecule has 0 saturated heterocycles. The van der Waals surface area contributed by atoms with E-state index in [2.05, 4.69) is 10.3 Å². The molecular formula is C17H22N2O4S. The van der Waals surface area contributed by atoms with Crippen LogP contribution in [0.15, 0.2) is 34.1 Å². The van der Waals surface area contributed by atoms with Gasteiger partial charge in [-0.1, -0.05) is 0 Å². The van der Waals surface area contributed by atoms with Gasteiger partial charge in [0, 0.05) is 23.0 Å². The van der Waals surface area contributed by atoms with Gasteiger partial charge in [0.2, 0.25) is 0 Å². The van der Waals surface area contributed by atoms with Gasteiger partial charge in [0.15, 0.2) is 0 Å². The number of carbonyl (C=O) groups excluding carboxylic acids is 2. The van der Waals surface area contributed by atoms with Crippen LogP contribution >= 0.6 is 11.3 Å². The van der Waals surface area contributed by atoms with Gasteiger partial charge in [0.1, 0.15) is 5.01 Å². The number of carbonyl (C=O) groups is 2. The van der Waals surface area contributed by atoms with Crippen molar-refractivity contribution in [3.05, 3.63) is 39.1 Å². The molecule has 0 amide bonds. The summed E-state index contributed by atoms with van der Waals surface area (Å²) in [6, 6.07) is 0. The zero-order valence-corrected chi connectivity index (χ0v) is 15.3. The van der Waals surface area contributed by atoms with Gasteiger partial charge in [-0.05, 0) is 34.6 Å². The molecule has 1 aliphatic rings. The number of ether oxygens (including phenoxy) is 2. The van der Waals surface area contributed by atoms with Crippen LogP contribution in [0.25, 0.3) is 0 Å². The van der Waals surface area contributed by atoms with E-state index in [4.69, 9.17) is 9.47 Å². The van der Waals surface area contributed by atoms with Gasteiger partial charge in [0.25, 0.3) is 0 Å². The molecule has 0 bridgehead atoms. The molecular weight excluding hydrogens is 328 g/mol. The third-order valence-corrected chi connectivity index (χ3v) is 4.36. The maximum atomic E-state index is 12.6. The first-order valence-corrected chi connectivity index (χ1v) is 8.70. The zero-order chi connectivity index (χ0) is 17.9. The Balaban J connectivity index is 2.54. The Bertz CT molecular complexity index is 689. The SMILES string of the molecule is CCOC(=O)C1=C(C)NC(C)=C(C(=O)OC(C)C)C1c1nccs1. The smallest absolute Gasteiger partial charge is 0.337 e. The molecule has 1 unspecified atom stereocenters. The fourth-order valence-electron chi connectivity index (χ4n) is 2.65. The molecule has 1 N–H and O–H groups in total. The van der Waals surface area contributed by atoms with Crippen molar-refractivity contribution in [2.24, 2.45) is 0 Å². The summed E-state index contributed by atoms with van der Waals surface area (Å²) in [6.07, 6.45) is 1.40. The molecule has 1 aliphatic heterocycles. The van der Waals surface area contributed by atoms with Crippen LogP contribution < -0.4 is 5.32 Å². The molecule has 6 nitrogen and oxygen atoms in total. The summed E-state index contributed by atoms with van der Waals surface area (Å²) in [4.78, 5) is 29.5. The largest absolute Gasteiger partial charge is 0.463 e. The molecule has 0 spiro atoms. The first kappa shape index (κ1) is 18.2. The average molecular weight is 350 g/mol. The van der Waals surface area contributed by atoms with Crippen molar-refractivity contribution in [2.45, 2.75) is 46.6 Å². The standard InChI is InChI=1S/C17H22N2O4S/c1-6-22-16(20)12-10(4)19-11(5)13(17(21)23-9(2)3)14(12)15-18-7-8-24-15/h7-9,14,19H,6H2,1-5H3. The second-order valence-electron chi connectivity index (χ2n) is 5.68. The number of hydrogen-bond donors (Lipinski definition) is 1. The summed E-state index contributed by atoms with van der Waals surface area (Å²) in [5.41, 5.74) is 2.11. The van der Waals surface area contributed by atoms with Crippen molar-refractivity contribution >= 4 is 23.3 Å². The van der Waals surface area contributed by atoms with Gasteiger partial charge in [0.05, 0.1) is 29.8 Å². The highest BCUT2D eigenvalue weighted by molar-refractivity contribution is 7.09. The van der Waals surface area contributed by atoms with Crippen LogP contribution in [0.4, 0.5) is 0 Å². The van der Waals surface area contributed by atoms with Gasteiger partial charge in [-0.25, -0.2) is 14.6 Å². The molecule has 0 aromatic carbocycles. The Morgan fingerprint density at radius 2 is 1.88 bits per heavy atom. The fraction of sp³-hybridized carbons (Fsp3) is 0.471. The Labute approximate surface area is 145 Å². The third kappa shape index (κ3) is 3.67. The van der Waals surface area contributed by atoms with E-state index in [0.717, 1.165) is 0 Å². The average Bonchev–Trinajstić information content (AvgIpc) is 2.99. The number of dihydropyridines is 1. The zero-order valence-electron chi connectivity index (χ0n) is 14.5. The summed E-state index contributed by atoms with van der Waals surface area (Å²) in [7, 11) is 0. The summed E-state index contributed by atoms with van der Waals surface area (Å²) >= 11 is 1.39. The van der Waals surface area contributed by atoms with Gasteiger partial charge >= 0.3 is 11.9 Å². The maximum absolute atomic E-state index is 12.6. The van der Waals surface area contributed by atoms with Crippen LogP contribution in [-0.2, 0) is 19.1 Å². The number of thiazole rings is 1. The lowest BCUT2D eigenvalue weighted by atomic mass is 9.86. The van der Waals surface area contributed by atoms with Gasteiger partial charge in [-0.15, -0.1) is 11.3 Å². The summed E-state index contributed by atoms with van der Waals surface area (Å²) in [5.74, 6) is -1.49. The highest BCUT2D eigenvalue weighted by Gasteiger charge is 2.39. The van der Waals surface area contributed by atoms with Crippen molar-refractivity contribution in [1.82, 2.24) is 10.3 Å². The topological polar surface area (TPSA) is 77.5 Å². The van der Waals surface area contributed by atoms with Gasteiger partial charge in [-0.3, -0.25) is 0 Å². The van der Waals surface area contributed by atoms with E-state index >= 15 is 0 Å². The maximum Gasteiger partial charge on any atom is 0.337 e. The minimum Gasteiger partial charge on any atom is -0.463 e. The molecule has 130 valence electrons. The second kappa shape index (κ2) is 7.61. The molecule has 0 radical (unpaired) electrons. The molecule has 24 heavy (non-hydrogen) atoms. The van der Waals surface area contributed by atoms with E-state index in [1.54, 1.807) is 40.8 Å². The Morgan fingerprint density at radius 3 is 2.38 bits per heavy atom. The fourth-order valence-corrected chi connectivity index (χ4v) is 3.40. The lowest BCUT2D eigenvalue weighted by molar-refractivity contribution is -0.143.